The minimum Gasteiger partial charge on any atom is -0.303 e. The molecule has 0 aliphatic heterocycles. The molecular formula is C22H23FO2S. The van der Waals surface area contributed by atoms with Crippen molar-refractivity contribution in [1.29, 1.82) is 0 Å². The van der Waals surface area contributed by atoms with Crippen LogP contribution in [0.2, 0.25) is 0 Å². The lowest BCUT2D eigenvalue weighted by molar-refractivity contribution is -0.107. The zero-order valence-electron chi connectivity index (χ0n) is 15.5. The van der Waals surface area contributed by atoms with Gasteiger partial charge in [0.1, 0.15) is 12.1 Å². The van der Waals surface area contributed by atoms with E-state index in [2.05, 4.69) is 0 Å². The maximum absolute atomic E-state index is 13.6. The second-order valence-electron chi connectivity index (χ2n) is 5.75. The smallest absolute Gasteiger partial charge is 0.124 e. The molecule has 1 aliphatic rings. The number of fused-ring (bicyclic) bond motifs is 1. The molecule has 2 aromatic carbocycles. The quantitative estimate of drug-likeness (QED) is 0.665. The van der Waals surface area contributed by atoms with Crippen molar-refractivity contribution in [2.75, 3.05) is 6.26 Å². The minimum absolute atomic E-state index is 0.271. The molecule has 1 atom stereocenters. The predicted molar refractivity (Wildman–Crippen MR) is 108 cm³/mol. The van der Waals surface area contributed by atoms with Gasteiger partial charge in [-0.1, -0.05) is 32.0 Å². The number of carbonyl (C=O) groups is 1. The van der Waals surface area contributed by atoms with Crippen molar-refractivity contribution in [3.63, 3.8) is 0 Å². The molecule has 2 aromatic rings. The summed E-state index contributed by atoms with van der Waals surface area (Å²) >= 11 is 0. The molecule has 26 heavy (non-hydrogen) atoms. The van der Waals surface area contributed by atoms with Gasteiger partial charge in [0.2, 0.25) is 0 Å². The van der Waals surface area contributed by atoms with Crippen LogP contribution in [0.25, 0.3) is 17.2 Å². The van der Waals surface area contributed by atoms with Crippen molar-refractivity contribution < 1.29 is 13.4 Å². The van der Waals surface area contributed by atoms with Crippen molar-refractivity contribution in [3.8, 4) is 0 Å². The van der Waals surface area contributed by atoms with Gasteiger partial charge >= 0.3 is 0 Å². The van der Waals surface area contributed by atoms with Gasteiger partial charge < -0.3 is 4.79 Å². The molecule has 136 valence electrons. The van der Waals surface area contributed by atoms with Gasteiger partial charge in [-0.05, 0) is 70.7 Å². The maximum atomic E-state index is 13.6. The lowest BCUT2D eigenvalue weighted by Gasteiger charge is -2.05. The highest BCUT2D eigenvalue weighted by molar-refractivity contribution is 7.84. The third-order valence-corrected chi connectivity index (χ3v) is 5.20. The van der Waals surface area contributed by atoms with E-state index in [1.807, 2.05) is 51.1 Å². The van der Waals surface area contributed by atoms with Crippen molar-refractivity contribution >= 4 is 34.3 Å². The van der Waals surface area contributed by atoms with E-state index in [1.165, 1.54) is 12.1 Å². The number of halogens is 1. The van der Waals surface area contributed by atoms with Gasteiger partial charge in [0, 0.05) is 28.4 Å². The van der Waals surface area contributed by atoms with Gasteiger partial charge in [-0.25, -0.2) is 4.39 Å². The molecule has 0 bridgehead atoms. The van der Waals surface area contributed by atoms with Gasteiger partial charge in [0.15, 0.2) is 0 Å². The average Bonchev–Trinajstić information content (AvgIpc) is 2.89. The van der Waals surface area contributed by atoms with Gasteiger partial charge in [-0.2, -0.15) is 0 Å². The molecule has 0 radical (unpaired) electrons. The normalized spacial score (nSPS) is 15.3. The van der Waals surface area contributed by atoms with Crippen molar-refractivity contribution in [2.45, 2.75) is 32.1 Å². The Labute approximate surface area is 156 Å². The summed E-state index contributed by atoms with van der Waals surface area (Å²) in [5.41, 5.74) is 5.56. The first-order valence-corrected chi connectivity index (χ1v) is 10.2. The fourth-order valence-electron chi connectivity index (χ4n) is 3.02. The van der Waals surface area contributed by atoms with E-state index in [0.29, 0.717) is 0 Å². The molecule has 0 aromatic heterocycles. The lowest BCUT2D eigenvalue weighted by Crippen LogP contribution is -1.88. The molecule has 1 unspecified atom stereocenters. The second-order valence-corrected chi connectivity index (χ2v) is 7.13. The molecule has 0 saturated carbocycles. The molecule has 4 heteroatoms. The SMILES string of the molecule is CC.CC1=C(CC=O)c2cc(F)ccc2/C1=C\c1ccc(S(C)=O)cc1. The van der Waals surface area contributed by atoms with Crippen LogP contribution in [-0.4, -0.2) is 16.8 Å². The Morgan fingerprint density at radius 1 is 1.04 bits per heavy atom. The van der Waals surface area contributed by atoms with Gasteiger partial charge in [-0.3, -0.25) is 4.21 Å². The van der Waals surface area contributed by atoms with E-state index in [0.717, 1.165) is 44.6 Å². The topological polar surface area (TPSA) is 34.1 Å². The Balaban J connectivity index is 0.00000117. The molecule has 0 heterocycles. The summed E-state index contributed by atoms with van der Waals surface area (Å²) in [7, 11) is -1.01. The number of aldehydes is 1. The van der Waals surface area contributed by atoms with Crippen molar-refractivity contribution in [1.82, 2.24) is 0 Å². The number of rotatable bonds is 4. The summed E-state index contributed by atoms with van der Waals surface area (Å²) < 4.78 is 25.1. The maximum Gasteiger partial charge on any atom is 0.124 e. The monoisotopic (exact) mass is 370 g/mol. The van der Waals surface area contributed by atoms with E-state index in [4.69, 9.17) is 0 Å². The van der Waals surface area contributed by atoms with Crippen LogP contribution in [0.5, 0.6) is 0 Å². The lowest BCUT2D eigenvalue weighted by atomic mass is 10.0. The van der Waals surface area contributed by atoms with Gasteiger partial charge in [-0.15, -0.1) is 0 Å². The number of hydrogen-bond donors (Lipinski definition) is 0. The molecule has 0 saturated heterocycles. The third-order valence-electron chi connectivity index (χ3n) is 4.26. The Kier molecular flexibility index (Phi) is 6.81. The molecule has 2 nitrogen and oxygen atoms in total. The summed E-state index contributed by atoms with van der Waals surface area (Å²) in [6.45, 7) is 5.96. The number of carbonyl (C=O) groups excluding carboxylic acids is 1. The highest BCUT2D eigenvalue weighted by Gasteiger charge is 2.23. The molecule has 0 fully saturated rings. The Morgan fingerprint density at radius 3 is 2.27 bits per heavy atom. The summed E-state index contributed by atoms with van der Waals surface area (Å²) in [4.78, 5) is 11.8. The largest absolute Gasteiger partial charge is 0.303 e. The van der Waals surface area contributed by atoms with Crippen LogP contribution >= 0.6 is 0 Å². The highest BCUT2D eigenvalue weighted by atomic mass is 32.2. The minimum atomic E-state index is -1.01. The standard InChI is InChI=1S/C20H17FO2S.C2H6/c1-13-17(9-10-22)20-12-15(21)5-8-18(20)19(13)11-14-3-6-16(7-4-14)24(2)23;1-2/h3-8,10-12H,9H2,1-2H3;1-2H3/b19-11-;. The van der Waals surface area contributed by atoms with Gasteiger partial charge in [0.25, 0.3) is 0 Å². The fourth-order valence-corrected chi connectivity index (χ4v) is 3.54. The molecule has 3 rings (SSSR count). The van der Waals surface area contributed by atoms with Crippen LogP contribution in [0.3, 0.4) is 0 Å². The number of hydrogen-bond acceptors (Lipinski definition) is 2. The number of benzene rings is 2. The van der Waals surface area contributed by atoms with E-state index in [1.54, 1.807) is 12.3 Å². The zero-order chi connectivity index (χ0) is 19.3. The van der Waals surface area contributed by atoms with E-state index < -0.39 is 10.8 Å². The van der Waals surface area contributed by atoms with Crippen LogP contribution in [0.4, 0.5) is 4.39 Å². The molecular weight excluding hydrogens is 347 g/mol. The predicted octanol–water partition coefficient (Wildman–Crippen LogP) is 5.51. The first-order valence-electron chi connectivity index (χ1n) is 8.60. The third kappa shape index (κ3) is 4.07. The van der Waals surface area contributed by atoms with Crippen LogP contribution in [0, 0.1) is 5.82 Å². The van der Waals surface area contributed by atoms with Crippen molar-refractivity contribution in [3.05, 3.63) is 70.5 Å². The van der Waals surface area contributed by atoms with Crippen LogP contribution in [0.1, 0.15) is 43.9 Å². The highest BCUT2D eigenvalue weighted by Crippen LogP contribution is 2.43. The van der Waals surface area contributed by atoms with Crippen molar-refractivity contribution in [2.24, 2.45) is 0 Å². The fraction of sp³-hybridized carbons (Fsp3) is 0.227. The summed E-state index contributed by atoms with van der Waals surface area (Å²) in [5, 5.41) is 0. The Bertz CT molecular complexity index is 893. The number of allylic oxidation sites excluding steroid dienone is 3. The Morgan fingerprint density at radius 2 is 1.69 bits per heavy atom. The molecule has 0 amide bonds. The molecule has 0 N–H and O–H groups in total. The first kappa shape index (κ1) is 20.0. The van der Waals surface area contributed by atoms with Crippen LogP contribution in [0.15, 0.2) is 52.9 Å². The Hall–Kier alpha value is -2.33. The van der Waals surface area contributed by atoms with Gasteiger partial charge in [0.05, 0.1) is 0 Å². The van der Waals surface area contributed by atoms with E-state index >= 15 is 0 Å². The van der Waals surface area contributed by atoms with E-state index in [9.17, 15) is 13.4 Å². The average molecular weight is 370 g/mol. The summed E-state index contributed by atoms with van der Waals surface area (Å²) in [6.07, 6.45) is 4.79. The summed E-state index contributed by atoms with van der Waals surface area (Å²) in [6, 6.07) is 12.2. The van der Waals surface area contributed by atoms with Crippen LogP contribution < -0.4 is 0 Å². The molecule has 1 aliphatic carbocycles. The molecule has 0 spiro atoms. The first-order chi connectivity index (χ1) is 12.5. The zero-order valence-corrected chi connectivity index (χ0v) is 16.3. The second kappa shape index (κ2) is 8.86. The summed E-state index contributed by atoms with van der Waals surface area (Å²) in [5.74, 6) is -0.305. The van der Waals surface area contributed by atoms with E-state index in [-0.39, 0.29) is 12.2 Å². The van der Waals surface area contributed by atoms with Crippen LogP contribution in [-0.2, 0) is 15.6 Å².